The van der Waals surface area contributed by atoms with Crippen molar-refractivity contribution >= 4 is 29.3 Å². The predicted octanol–water partition coefficient (Wildman–Crippen LogP) is 3.56. The molecule has 1 aromatic heterocycles. The van der Waals surface area contributed by atoms with Crippen molar-refractivity contribution in [1.82, 2.24) is 24.7 Å². The molecular weight excluding hydrogens is 504 g/mol. The molecule has 1 atom stereocenters. The number of nitrogens with zero attached hydrogens (tertiary/aromatic N) is 6. The van der Waals surface area contributed by atoms with E-state index >= 15 is 0 Å². The fraction of sp³-hybridized carbons (Fsp3) is 0.600. The lowest BCUT2D eigenvalue weighted by atomic mass is 9.73. The summed E-state index contributed by atoms with van der Waals surface area (Å²) in [4.78, 5) is 42.6. The number of carbonyl (C=O) groups excluding carboxylic acids is 2. The van der Waals surface area contributed by atoms with Crippen LogP contribution in [0.3, 0.4) is 0 Å². The minimum atomic E-state index is -0.619. The smallest absolute Gasteiger partial charge is 0.320 e. The Kier molecular flexibility index (Phi) is 7.29. The molecule has 0 radical (unpaired) electrons. The molecule has 4 heterocycles. The Morgan fingerprint density at radius 1 is 1.00 bits per heavy atom. The van der Waals surface area contributed by atoms with Gasteiger partial charge in [0.25, 0.3) is 5.91 Å². The molecule has 0 spiro atoms. The number of urea groups is 1. The lowest BCUT2D eigenvalue weighted by Crippen LogP contribution is -2.49. The zero-order valence-corrected chi connectivity index (χ0v) is 23.8. The van der Waals surface area contributed by atoms with E-state index in [9.17, 15) is 9.59 Å². The van der Waals surface area contributed by atoms with E-state index < -0.39 is 5.91 Å². The van der Waals surface area contributed by atoms with E-state index in [1.54, 1.807) is 11.1 Å². The van der Waals surface area contributed by atoms with Crippen molar-refractivity contribution in [2.45, 2.75) is 69.4 Å². The maximum atomic E-state index is 12.6. The summed E-state index contributed by atoms with van der Waals surface area (Å²) in [5, 5.41) is 3.31. The first-order chi connectivity index (χ1) is 19.3. The molecule has 6 rings (SSSR count). The first-order valence-electron chi connectivity index (χ1n) is 14.9. The molecule has 1 unspecified atom stereocenters. The number of benzene rings is 1. The van der Waals surface area contributed by atoms with Crippen LogP contribution in [0.1, 0.15) is 67.9 Å². The lowest BCUT2D eigenvalue weighted by molar-refractivity contribution is 0.0773. The van der Waals surface area contributed by atoms with Gasteiger partial charge in [-0.3, -0.25) is 4.79 Å². The highest BCUT2D eigenvalue weighted by atomic mass is 16.2. The van der Waals surface area contributed by atoms with Gasteiger partial charge in [-0.15, -0.1) is 0 Å². The third-order valence-corrected chi connectivity index (χ3v) is 9.74. The molecule has 0 bridgehead atoms. The van der Waals surface area contributed by atoms with Crippen LogP contribution in [0, 0.1) is 0 Å². The van der Waals surface area contributed by atoms with Gasteiger partial charge in [-0.1, -0.05) is 25.5 Å². The van der Waals surface area contributed by atoms with Crippen LogP contribution in [0.15, 0.2) is 30.5 Å². The predicted molar refractivity (Wildman–Crippen MR) is 156 cm³/mol. The van der Waals surface area contributed by atoms with E-state index in [1.807, 2.05) is 11.9 Å². The number of aromatic nitrogens is 2. The third kappa shape index (κ3) is 5.21. The molecule has 1 aromatic carbocycles. The second-order valence-electron chi connectivity index (χ2n) is 12.3. The quantitative estimate of drug-likeness (QED) is 0.546. The summed E-state index contributed by atoms with van der Waals surface area (Å²) in [6.07, 6.45) is 10.00. The van der Waals surface area contributed by atoms with E-state index in [0.717, 1.165) is 44.2 Å². The van der Waals surface area contributed by atoms with Gasteiger partial charge < -0.3 is 30.7 Å². The van der Waals surface area contributed by atoms with Crippen LogP contribution >= 0.6 is 0 Å². The fourth-order valence-corrected chi connectivity index (χ4v) is 6.74. The molecule has 1 aliphatic carbocycles. The number of nitrogens with two attached hydrogens (primary N) is 1. The number of primary amides is 1. The van der Waals surface area contributed by atoms with Crippen LogP contribution in [0.4, 0.5) is 22.1 Å². The highest BCUT2D eigenvalue weighted by Gasteiger charge is 2.36. The molecule has 214 valence electrons. The van der Waals surface area contributed by atoms with Crippen LogP contribution in [-0.4, -0.2) is 95.0 Å². The summed E-state index contributed by atoms with van der Waals surface area (Å²) in [7, 11) is 1.85. The topological polar surface area (TPSA) is 111 Å². The molecule has 10 heteroatoms. The van der Waals surface area contributed by atoms with Crippen molar-refractivity contribution in [3.05, 3.63) is 41.7 Å². The number of hydrogen-bond acceptors (Lipinski definition) is 7. The molecule has 10 nitrogen and oxygen atoms in total. The first kappa shape index (κ1) is 26.8. The number of anilines is 3. The van der Waals surface area contributed by atoms with Gasteiger partial charge in [0.15, 0.2) is 11.5 Å². The van der Waals surface area contributed by atoms with Crippen LogP contribution in [0.2, 0.25) is 0 Å². The number of amides is 3. The minimum absolute atomic E-state index is 0.0885. The van der Waals surface area contributed by atoms with Crippen molar-refractivity contribution < 1.29 is 9.59 Å². The molecule has 3 amide bonds. The Bertz CT molecular complexity index is 1240. The Labute approximate surface area is 236 Å². The Balaban J connectivity index is 1.15. The van der Waals surface area contributed by atoms with Crippen molar-refractivity contribution in [1.29, 1.82) is 0 Å². The number of likely N-dealkylation sites (N-methyl/N-ethyl adjacent to an activating group) is 1. The first-order valence-corrected chi connectivity index (χ1v) is 14.9. The maximum Gasteiger partial charge on any atom is 0.320 e. The second kappa shape index (κ2) is 10.9. The summed E-state index contributed by atoms with van der Waals surface area (Å²) in [5.41, 5.74) is 8.15. The van der Waals surface area contributed by atoms with Gasteiger partial charge in [-0.25, -0.2) is 14.8 Å². The second-order valence-corrected chi connectivity index (χ2v) is 12.3. The van der Waals surface area contributed by atoms with Gasteiger partial charge in [0, 0.05) is 45.0 Å². The van der Waals surface area contributed by atoms with E-state index in [4.69, 9.17) is 10.7 Å². The third-order valence-electron chi connectivity index (χ3n) is 9.74. The van der Waals surface area contributed by atoms with Crippen LogP contribution in [0.5, 0.6) is 0 Å². The highest BCUT2D eigenvalue weighted by molar-refractivity contribution is 5.96. The van der Waals surface area contributed by atoms with Crippen LogP contribution in [0.25, 0.3) is 0 Å². The number of likely N-dealkylation sites (tertiary alicyclic amines) is 1. The Hall–Kier alpha value is -3.40. The average Bonchev–Trinajstić information content (AvgIpc) is 3.27. The molecule has 1 saturated carbocycles. The van der Waals surface area contributed by atoms with E-state index in [2.05, 4.69) is 51.3 Å². The van der Waals surface area contributed by atoms with Crippen molar-refractivity contribution in [3.8, 4) is 0 Å². The van der Waals surface area contributed by atoms with E-state index in [0.29, 0.717) is 18.2 Å². The SMILES string of the molecule is CN1CCN(C2CCCN(c3cnc(C(N)=O)c(Nc4ccc(C5(C)CCN(C6CCC6)CC5)cc4)n3)C2)C1=O. The number of rotatable bonds is 7. The van der Waals surface area contributed by atoms with Crippen LogP contribution in [-0.2, 0) is 5.41 Å². The van der Waals surface area contributed by atoms with E-state index in [-0.39, 0.29) is 23.2 Å². The zero-order valence-electron chi connectivity index (χ0n) is 23.8. The number of carbonyl (C=O) groups is 2. The normalized spacial score (nSPS) is 23.8. The lowest BCUT2D eigenvalue weighted by Gasteiger charge is -2.45. The van der Waals surface area contributed by atoms with Gasteiger partial charge in [-0.2, -0.15) is 0 Å². The van der Waals surface area contributed by atoms with Crippen molar-refractivity contribution in [3.63, 3.8) is 0 Å². The molecule has 3 aliphatic heterocycles. The van der Waals surface area contributed by atoms with Gasteiger partial charge in [0.2, 0.25) is 0 Å². The van der Waals surface area contributed by atoms with Gasteiger partial charge in [0.05, 0.1) is 12.2 Å². The summed E-state index contributed by atoms with van der Waals surface area (Å²) in [6.45, 7) is 7.75. The number of nitrogens with one attached hydrogen (secondary N) is 1. The summed E-state index contributed by atoms with van der Waals surface area (Å²) in [5.74, 6) is 0.419. The van der Waals surface area contributed by atoms with Gasteiger partial charge in [-0.05, 0) is 74.7 Å². The molecule has 3 N–H and O–H groups in total. The average molecular weight is 547 g/mol. The summed E-state index contributed by atoms with van der Waals surface area (Å²) < 4.78 is 0. The zero-order chi connectivity index (χ0) is 27.9. The van der Waals surface area contributed by atoms with Gasteiger partial charge in [0.1, 0.15) is 5.82 Å². The van der Waals surface area contributed by atoms with Crippen molar-refractivity contribution in [2.24, 2.45) is 5.73 Å². The molecule has 4 aliphatic rings. The molecule has 2 aromatic rings. The van der Waals surface area contributed by atoms with Crippen LogP contribution < -0.4 is 16.0 Å². The van der Waals surface area contributed by atoms with Gasteiger partial charge >= 0.3 is 6.03 Å². The Morgan fingerprint density at radius 2 is 1.73 bits per heavy atom. The maximum absolute atomic E-state index is 12.6. The standard InChI is InChI=1S/C30H42N8O2/c1-30(12-15-36(16-13-30)23-5-3-6-23)21-8-10-22(11-9-21)33-28-26(27(31)39)32-19-25(34-28)37-14-4-7-24(20-37)38-18-17-35(2)29(38)40/h8-11,19,23-24H,3-7,12-18,20H2,1-2H3,(H2,31,39)(H,33,34). The summed E-state index contributed by atoms with van der Waals surface area (Å²) >= 11 is 0. The number of piperidine rings is 2. The molecule has 3 saturated heterocycles. The highest BCUT2D eigenvalue weighted by Crippen LogP contribution is 2.38. The Morgan fingerprint density at radius 3 is 2.35 bits per heavy atom. The molecule has 40 heavy (non-hydrogen) atoms. The monoisotopic (exact) mass is 546 g/mol. The largest absolute Gasteiger partial charge is 0.364 e. The molecular formula is C30H42N8O2. The number of hydrogen-bond donors (Lipinski definition) is 2. The molecule has 4 fully saturated rings. The van der Waals surface area contributed by atoms with E-state index in [1.165, 1.54) is 50.8 Å². The fourth-order valence-electron chi connectivity index (χ4n) is 6.74. The van der Waals surface area contributed by atoms with Crippen molar-refractivity contribution in [2.75, 3.05) is 56.5 Å². The minimum Gasteiger partial charge on any atom is -0.364 e. The summed E-state index contributed by atoms with van der Waals surface area (Å²) in [6, 6.07) is 9.55.